The smallest absolute Gasteiger partial charge is 0.238 e. The number of nitrogens with zero attached hydrogens (tertiary/aromatic N) is 2. The summed E-state index contributed by atoms with van der Waals surface area (Å²) in [5.74, 6) is 1.17. The maximum Gasteiger partial charge on any atom is 0.238 e. The molecule has 3 rings (SSSR count). The van der Waals surface area contributed by atoms with Crippen molar-refractivity contribution in [1.82, 2.24) is 20.5 Å². The number of H-pyrrole nitrogens is 1. The zero-order valence-corrected chi connectivity index (χ0v) is 13.6. The first-order valence-electron chi connectivity index (χ1n) is 7.57. The first-order valence-corrected chi connectivity index (χ1v) is 8.45. The molecule has 1 aliphatic rings. The van der Waals surface area contributed by atoms with Gasteiger partial charge in [-0.1, -0.05) is 55.9 Å². The molecular weight excluding hydrogens is 296 g/mol. The van der Waals surface area contributed by atoms with E-state index in [-0.39, 0.29) is 17.1 Å². The van der Waals surface area contributed by atoms with E-state index >= 15 is 0 Å². The number of carbonyl (C=O) groups is 1. The fourth-order valence-electron chi connectivity index (χ4n) is 2.08. The highest BCUT2D eigenvalue weighted by Crippen LogP contribution is 2.34. The first-order chi connectivity index (χ1) is 10.6. The molecule has 1 heterocycles. The summed E-state index contributed by atoms with van der Waals surface area (Å²) in [4.78, 5) is 17.0. The molecule has 1 aromatic carbocycles. The number of benzene rings is 1. The van der Waals surface area contributed by atoms with Gasteiger partial charge in [-0.05, 0) is 18.4 Å². The van der Waals surface area contributed by atoms with E-state index in [9.17, 15) is 4.79 Å². The molecule has 1 amide bonds. The number of aromatic amines is 1. The van der Waals surface area contributed by atoms with E-state index in [1.54, 1.807) is 0 Å². The lowest BCUT2D eigenvalue weighted by Gasteiger charge is -2.15. The lowest BCUT2D eigenvalue weighted by Crippen LogP contribution is -2.29. The van der Waals surface area contributed by atoms with Gasteiger partial charge in [0.2, 0.25) is 11.1 Å². The largest absolute Gasteiger partial charge is 0.352 e. The van der Waals surface area contributed by atoms with Gasteiger partial charge in [-0.3, -0.25) is 9.89 Å². The molecule has 0 saturated heterocycles. The minimum absolute atomic E-state index is 0.0367. The van der Waals surface area contributed by atoms with Crippen LogP contribution in [0.4, 0.5) is 0 Å². The van der Waals surface area contributed by atoms with E-state index in [0.29, 0.717) is 11.2 Å². The van der Waals surface area contributed by atoms with E-state index in [1.807, 2.05) is 30.3 Å². The van der Waals surface area contributed by atoms with E-state index in [0.717, 1.165) is 24.2 Å². The highest BCUT2D eigenvalue weighted by molar-refractivity contribution is 8.00. The molecule has 1 fully saturated rings. The Balaban J connectivity index is 1.79. The van der Waals surface area contributed by atoms with Crippen LogP contribution in [0.1, 0.15) is 49.2 Å². The summed E-state index contributed by atoms with van der Waals surface area (Å²) in [6.07, 6.45) is 2.16. The van der Waals surface area contributed by atoms with Crippen LogP contribution < -0.4 is 5.32 Å². The summed E-state index contributed by atoms with van der Waals surface area (Å²) in [7, 11) is 0. The monoisotopic (exact) mass is 316 g/mol. The summed E-state index contributed by atoms with van der Waals surface area (Å²) in [5.41, 5.74) is 0.974. The molecule has 1 saturated carbocycles. The molecule has 0 radical (unpaired) electrons. The number of thioether (sulfide) groups is 1. The van der Waals surface area contributed by atoms with E-state index in [4.69, 9.17) is 0 Å². The summed E-state index contributed by atoms with van der Waals surface area (Å²) in [6.45, 7) is 4.12. The Hall–Kier alpha value is -1.82. The van der Waals surface area contributed by atoms with Crippen molar-refractivity contribution in [1.29, 1.82) is 0 Å². The fourth-order valence-corrected chi connectivity index (χ4v) is 3.01. The molecule has 1 aromatic heterocycles. The Morgan fingerprint density at radius 1 is 1.32 bits per heavy atom. The number of aromatic nitrogens is 3. The zero-order valence-electron chi connectivity index (χ0n) is 12.7. The molecule has 116 valence electrons. The van der Waals surface area contributed by atoms with Gasteiger partial charge >= 0.3 is 0 Å². The highest BCUT2D eigenvalue weighted by atomic mass is 32.2. The van der Waals surface area contributed by atoms with Crippen LogP contribution in [-0.2, 0) is 4.79 Å². The number of nitrogens with one attached hydrogen (secondary N) is 2. The minimum Gasteiger partial charge on any atom is -0.352 e. The molecule has 5 nitrogen and oxygen atoms in total. The summed E-state index contributed by atoms with van der Waals surface area (Å²) in [6, 6.07) is 10.1. The molecule has 2 aromatic rings. The number of rotatable bonds is 6. The zero-order chi connectivity index (χ0) is 15.5. The molecule has 2 N–H and O–H groups in total. The van der Waals surface area contributed by atoms with Crippen molar-refractivity contribution in [3.8, 4) is 0 Å². The van der Waals surface area contributed by atoms with Crippen LogP contribution in [0.2, 0.25) is 0 Å². The maximum atomic E-state index is 12.5. The van der Waals surface area contributed by atoms with Crippen molar-refractivity contribution in [2.24, 2.45) is 0 Å². The van der Waals surface area contributed by atoms with Gasteiger partial charge in [0.25, 0.3) is 0 Å². The second-order valence-corrected chi connectivity index (χ2v) is 6.92. The number of amides is 1. The number of hydrogen-bond acceptors (Lipinski definition) is 4. The topological polar surface area (TPSA) is 70.7 Å². The average Bonchev–Trinajstić information content (AvgIpc) is 3.19. The third kappa shape index (κ3) is 3.68. The Labute approximate surface area is 134 Å². The first kappa shape index (κ1) is 15.1. The van der Waals surface area contributed by atoms with E-state index in [1.165, 1.54) is 11.8 Å². The second-order valence-electron chi connectivity index (χ2n) is 5.85. The van der Waals surface area contributed by atoms with Gasteiger partial charge in [-0.2, -0.15) is 0 Å². The number of hydrogen-bond donors (Lipinski definition) is 2. The highest BCUT2D eigenvalue weighted by Gasteiger charge is 2.30. The second kappa shape index (κ2) is 6.52. The Morgan fingerprint density at radius 3 is 2.64 bits per heavy atom. The normalized spacial score (nSPS) is 15.8. The van der Waals surface area contributed by atoms with Gasteiger partial charge < -0.3 is 5.32 Å². The SMILES string of the molecule is CC(C)c1nc(S[C@H](C(=O)NC2CC2)c2ccccc2)n[nH]1. The van der Waals surface area contributed by atoms with Crippen LogP contribution in [0, 0.1) is 0 Å². The van der Waals surface area contributed by atoms with Crippen LogP contribution in [0.3, 0.4) is 0 Å². The molecule has 0 bridgehead atoms. The molecule has 1 atom stereocenters. The van der Waals surface area contributed by atoms with Crippen LogP contribution >= 0.6 is 11.8 Å². The van der Waals surface area contributed by atoms with E-state index < -0.39 is 0 Å². The van der Waals surface area contributed by atoms with Crippen molar-refractivity contribution in [3.05, 3.63) is 41.7 Å². The predicted octanol–water partition coefficient (Wildman–Crippen LogP) is 3.04. The third-order valence-electron chi connectivity index (χ3n) is 3.52. The van der Waals surface area contributed by atoms with Crippen LogP contribution in [0.25, 0.3) is 0 Å². The molecule has 0 aliphatic heterocycles. The molecule has 22 heavy (non-hydrogen) atoms. The van der Waals surface area contributed by atoms with Crippen LogP contribution in [-0.4, -0.2) is 27.1 Å². The maximum absolute atomic E-state index is 12.5. The summed E-state index contributed by atoms with van der Waals surface area (Å²) in [5, 5.41) is 10.5. The van der Waals surface area contributed by atoms with Crippen molar-refractivity contribution in [3.63, 3.8) is 0 Å². The van der Waals surface area contributed by atoms with Crippen molar-refractivity contribution >= 4 is 17.7 Å². The van der Waals surface area contributed by atoms with Gasteiger partial charge in [0.05, 0.1) is 0 Å². The van der Waals surface area contributed by atoms with Gasteiger partial charge in [0.15, 0.2) is 0 Å². The average molecular weight is 316 g/mol. The van der Waals surface area contributed by atoms with Crippen LogP contribution in [0.5, 0.6) is 0 Å². The molecule has 0 unspecified atom stereocenters. The Bertz CT molecular complexity index is 637. The standard InChI is InChI=1S/C16H20N4OS/c1-10(2)14-18-16(20-19-14)22-13(11-6-4-3-5-7-11)15(21)17-12-8-9-12/h3-7,10,12-13H,8-9H2,1-2H3,(H,17,21)(H,18,19,20)/t13-/m0/s1. The lowest BCUT2D eigenvalue weighted by atomic mass is 10.1. The Morgan fingerprint density at radius 2 is 2.05 bits per heavy atom. The van der Waals surface area contributed by atoms with Gasteiger partial charge in [-0.15, -0.1) is 5.10 Å². The van der Waals surface area contributed by atoms with E-state index in [2.05, 4.69) is 34.3 Å². The molecule has 0 spiro atoms. The third-order valence-corrected chi connectivity index (χ3v) is 4.63. The van der Waals surface area contributed by atoms with Gasteiger partial charge in [0, 0.05) is 12.0 Å². The van der Waals surface area contributed by atoms with Gasteiger partial charge in [-0.25, -0.2) is 4.98 Å². The van der Waals surface area contributed by atoms with Crippen molar-refractivity contribution in [2.45, 2.75) is 49.1 Å². The number of carbonyl (C=O) groups excluding carboxylic acids is 1. The summed E-state index contributed by atoms with van der Waals surface area (Å²) >= 11 is 1.39. The van der Waals surface area contributed by atoms with Gasteiger partial charge in [0.1, 0.15) is 11.1 Å². The quantitative estimate of drug-likeness (QED) is 0.804. The van der Waals surface area contributed by atoms with Crippen LogP contribution in [0.15, 0.2) is 35.5 Å². The molecule has 1 aliphatic carbocycles. The lowest BCUT2D eigenvalue weighted by molar-refractivity contribution is -0.120. The molecule has 6 heteroatoms. The fraction of sp³-hybridized carbons (Fsp3) is 0.438. The predicted molar refractivity (Wildman–Crippen MR) is 86.7 cm³/mol. The van der Waals surface area contributed by atoms with Crippen molar-refractivity contribution in [2.75, 3.05) is 0 Å². The minimum atomic E-state index is -0.322. The Kier molecular flexibility index (Phi) is 4.47. The van der Waals surface area contributed by atoms with Crippen molar-refractivity contribution < 1.29 is 4.79 Å². The molecular formula is C16H20N4OS. The summed E-state index contributed by atoms with van der Waals surface area (Å²) < 4.78 is 0.